The third kappa shape index (κ3) is 4.14. The van der Waals surface area contributed by atoms with E-state index in [1.807, 2.05) is 13.8 Å². The van der Waals surface area contributed by atoms with Crippen molar-refractivity contribution in [3.05, 3.63) is 28.2 Å². The Kier molecular flexibility index (Phi) is 5.90. The van der Waals surface area contributed by atoms with Crippen LogP contribution in [0.2, 0.25) is 0 Å². The molecule has 0 atom stereocenters. The molecule has 0 saturated carbocycles. The summed E-state index contributed by atoms with van der Waals surface area (Å²) in [7, 11) is 0. The second-order valence-corrected chi connectivity index (χ2v) is 6.90. The number of benzene rings is 1. The summed E-state index contributed by atoms with van der Waals surface area (Å²) in [6.07, 6.45) is -2.19. The van der Waals surface area contributed by atoms with E-state index < -0.39 is 34.4 Å². The van der Waals surface area contributed by atoms with Crippen molar-refractivity contribution in [2.24, 2.45) is 5.92 Å². The molecular formula is C17H18F3NO4S. The van der Waals surface area contributed by atoms with Crippen molar-refractivity contribution in [2.75, 3.05) is 6.54 Å². The number of rotatable bonds is 5. The van der Waals surface area contributed by atoms with Crippen LogP contribution in [-0.2, 0) is 11.0 Å². The van der Waals surface area contributed by atoms with Crippen LogP contribution in [0.1, 0.15) is 37.8 Å². The third-order valence-corrected chi connectivity index (χ3v) is 5.09. The molecule has 1 saturated heterocycles. The molecule has 0 aromatic heterocycles. The first-order chi connectivity index (χ1) is 12.1. The average Bonchev–Trinajstić information content (AvgIpc) is 2.81. The van der Waals surface area contributed by atoms with Gasteiger partial charge in [-0.2, -0.15) is 13.2 Å². The summed E-state index contributed by atoms with van der Waals surface area (Å²) >= 11 is 0.636. The summed E-state index contributed by atoms with van der Waals surface area (Å²) in [5.41, 5.74) is -1.55. The zero-order chi connectivity index (χ0) is 19.6. The summed E-state index contributed by atoms with van der Waals surface area (Å²) < 4.78 is 38.8. The number of amides is 2. The molecule has 2 rings (SSSR count). The van der Waals surface area contributed by atoms with Crippen LogP contribution in [0.4, 0.5) is 18.0 Å². The van der Waals surface area contributed by atoms with Crippen molar-refractivity contribution in [1.29, 1.82) is 0 Å². The van der Waals surface area contributed by atoms with E-state index in [4.69, 9.17) is 0 Å². The standard InChI is InChI=1S/C17H18F3NO4S/c1-3-9(4-2)8-21-15(24)13(26-16(21)25)7-10-5-11(17(18,19)20)14(23)12(22)6-10/h5-7,9,22-23H,3-4,8H2,1-2H3/b13-7-. The van der Waals surface area contributed by atoms with Gasteiger partial charge in [0.2, 0.25) is 0 Å². The molecule has 5 nitrogen and oxygen atoms in total. The van der Waals surface area contributed by atoms with Crippen LogP contribution in [0.3, 0.4) is 0 Å². The molecule has 1 aliphatic heterocycles. The first kappa shape index (κ1) is 20.2. The Morgan fingerprint density at radius 3 is 2.35 bits per heavy atom. The summed E-state index contributed by atoms with van der Waals surface area (Å²) in [5, 5.41) is 18.4. The quantitative estimate of drug-likeness (QED) is 0.569. The number of carbonyl (C=O) groups is 2. The highest BCUT2D eigenvalue weighted by Gasteiger charge is 2.37. The monoisotopic (exact) mass is 389 g/mol. The lowest BCUT2D eigenvalue weighted by molar-refractivity contribution is -0.139. The highest BCUT2D eigenvalue weighted by molar-refractivity contribution is 8.18. The normalized spacial score (nSPS) is 17.0. The number of phenols is 2. The van der Waals surface area contributed by atoms with Crippen LogP contribution in [0.5, 0.6) is 11.5 Å². The van der Waals surface area contributed by atoms with Crippen LogP contribution in [0.15, 0.2) is 17.0 Å². The number of halogens is 3. The molecule has 142 valence electrons. The fourth-order valence-corrected chi connectivity index (χ4v) is 3.40. The van der Waals surface area contributed by atoms with Gasteiger partial charge < -0.3 is 10.2 Å². The maximum absolute atomic E-state index is 12.9. The predicted molar refractivity (Wildman–Crippen MR) is 91.5 cm³/mol. The van der Waals surface area contributed by atoms with E-state index in [1.165, 1.54) is 0 Å². The number of hydrogen-bond donors (Lipinski definition) is 2. The Hall–Kier alpha value is -2.16. The van der Waals surface area contributed by atoms with E-state index in [1.54, 1.807) is 0 Å². The van der Waals surface area contributed by atoms with Gasteiger partial charge in [0.1, 0.15) is 5.56 Å². The van der Waals surface area contributed by atoms with Crippen LogP contribution in [0.25, 0.3) is 6.08 Å². The highest BCUT2D eigenvalue weighted by atomic mass is 32.2. The zero-order valence-electron chi connectivity index (χ0n) is 14.1. The summed E-state index contributed by atoms with van der Waals surface area (Å²) in [6, 6.07) is 1.52. The number of phenolic OH excluding ortho intramolecular Hbond substituents is 2. The number of imide groups is 1. The van der Waals surface area contributed by atoms with E-state index in [0.29, 0.717) is 17.8 Å². The van der Waals surface area contributed by atoms with Gasteiger partial charge in [-0.1, -0.05) is 26.7 Å². The molecule has 0 spiro atoms. The number of alkyl halides is 3. The summed E-state index contributed by atoms with van der Waals surface area (Å²) in [4.78, 5) is 25.5. The Bertz CT molecular complexity index is 757. The molecule has 0 aliphatic carbocycles. The van der Waals surface area contributed by atoms with Crippen LogP contribution >= 0.6 is 11.8 Å². The lowest BCUT2D eigenvalue weighted by Gasteiger charge is -2.19. The van der Waals surface area contributed by atoms with Gasteiger partial charge in [0.05, 0.1) is 4.91 Å². The number of thioether (sulfide) groups is 1. The lowest BCUT2D eigenvalue weighted by atomic mass is 10.0. The van der Waals surface area contributed by atoms with Crippen LogP contribution < -0.4 is 0 Å². The molecule has 0 unspecified atom stereocenters. The predicted octanol–water partition coefficient (Wildman–Crippen LogP) is 4.59. The highest BCUT2D eigenvalue weighted by Crippen LogP contribution is 2.42. The maximum Gasteiger partial charge on any atom is 0.420 e. The largest absolute Gasteiger partial charge is 0.504 e. The number of nitrogens with zero attached hydrogens (tertiary/aromatic N) is 1. The third-order valence-electron chi connectivity index (χ3n) is 4.18. The Labute approximate surface area is 152 Å². The molecule has 1 fully saturated rings. The molecule has 1 aromatic rings. The van der Waals surface area contributed by atoms with Crippen molar-refractivity contribution >= 4 is 29.0 Å². The fourth-order valence-electron chi connectivity index (χ4n) is 2.55. The molecule has 2 N–H and O–H groups in total. The molecule has 0 bridgehead atoms. The SMILES string of the molecule is CCC(CC)CN1C(=O)S/C(=C\c2cc(O)c(O)c(C(F)(F)F)c2)C1=O. The van der Waals surface area contributed by atoms with Gasteiger partial charge >= 0.3 is 6.18 Å². The molecule has 9 heteroatoms. The van der Waals surface area contributed by atoms with Crippen molar-refractivity contribution in [3.63, 3.8) is 0 Å². The van der Waals surface area contributed by atoms with Gasteiger partial charge in [-0.25, -0.2) is 0 Å². The van der Waals surface area contributed by atoms with Crippen molar-refractivity contribution in [3.8, 4) is 11.5 Å². The molecular weight excluding hydrogens is 371 g/mol. The topological polar surface area (TPSA) is 77.8 Å². The minimum Gasteiger partial charge on any atom is -0.504 e. The second-order valence-electron chi connectivity index (χ2n) is 5.91. The zero-order valence-corrected chi connectivity index (χ0v) is 14.9. The van der Waals surface area contributed by atoms with Crippen molar-refractivity contribution in [1.82, 2.24) is 4.90 Å². The first-order valence-electron chi connectivity index (χ1n) is 7.97. The Morgan fingerprint density at radius 1 is 1.19 bits per heavy atom. The summed E-state index contributed by atoms with van der Waals surface area (Å²) in [6.45, 7) is 4.14. The minimum atomic E-state index is -4.87. The molecule has 1 heterocycles. The molecule has 1 aromatic carbocycles. The van der Waals surface area contributed by atoms with E-state index >= 15 is 0 Å². The van der Waals surface area contributed by atoms with Crippen molar-refractivity contribution in [2.45, 2.75) is 32.9 Å². The fraction of sp³-hybridized carbons (Fsp3) is 0.412. The smallest absolute Gasteiger partial charge is 0.420 e. The van der Waals surface area contributed by atoms with Crippen molar-refractivity contribution < 1.29 is 33.0 Å². The molecule has 0 radical (unpaired) electrons. The van der Waals surface area contributed by atoms with E-state index in [9.17, 15) is 33.0 Å². The van der Waals surface area contributed by atoms with Gasteiger partial charge in [-0.05, 0) is 41.5 Å². The van der Waals surface area contributed by atoms with Crippen LogP contribution in [-0.4, -0.2) is 32.8 Å². The molecule has 26 heavy (non-hydrogen) atoms. The van der Waals surface area contributed by atoms with Gasteiger partial charge in [0, 0.05) is 6.54 Å². The van der Waals surface area contributed by atoms with Gasteiger partial charge in [-0.15, -0.1) is 0 Å². The molecule has 2 amide bonds. The first-order valence-corrected chi connectivity index (χ1v) is 8.78. The Morgan fingerprint density at radius 2 is 1.81 bits per heavy atom. The number of aromatic hydroxyl groups is 2. The maximum atomic E-state index is 12.9. The van der Waals surface area contributed by atoms with Crippen LogP contribution in [0, 0.1) is 5.92 Å². The Balaban J connectivity index is 2.35. The van der Waals surface area contributed by atoms with E-state index in [0.717, 1.165) is 29.9 Å². The van der Waals surface area contributed by atoms with Gasteiger partial charge in [0.15, 0.2) is 11.5 Å². The van der Waals surface area contributed by atoms with E-state index in [-0.39, 0.29) is 22.9 Å². The lowest BCUT2D eigenvalue weighted by Crippen LogP contribution is -2.33. The minimum absolute atomic E-state index is 0.0285. The van der Waals surface area contributed by atoms with Gasteiger partial charge in [-0.3, -0.25) is 14.5 Å². The summed E-state index contributed by atoms with van der Waals surface area (Å²) in [5.74, 6) is -2.66. The second kappa shape index (κ2) is 7.61. The average molecular weight is 389 g/mol. The van der Waals surface area contributed by atoms with Gasteiger partial charge in [0.25, 0.3) is 11.1 Å². The van der Waals surface area contributed by atoms with E-state index in [2.05, 4.69) is 0 Å². The number of carbonyl (C=O) groups excluding carboxylic acids is 2. The molecule has 1 aliphatic rings. The number of hydrogen-bond acceptors (Lipinski definition) is 5.